The lowest BCUT2D eigenvalue weighted by atomic mass is 9.92. The minimum Gasteiger partial charge on any atom is -0.461 e. The van der Waals surface area contributed by atoms with Gasteiger partial charge < -0.3 is 13.6 Å². The van der Waals surface area contributed by atoms with Gasteiger partial charge in [-0.2, -0.15) is 0 Å². The first-order valence-electron chi connectivity index (χ1n) is 15.4. The predicted molar refractivity (Wildman–Crippen MR) is 187 cm³/mol. The van der Waals surface area contributed by atoms with Crippen molar-refractivity contribution in [1.29, 1.82) is 0 Å². The van der Waals surface area contributed by atoms with Crippen molar-refractivity contribution in [3.8, 4) is 11.1 Å². The molecule has 0 radical (unpaired) electrons. The zero-order chi connectivity index (χ0) is 30.1. The number of hydrogen-bond donors (Lipinski definition) is 0. The molecule has 1 aliphatic rings. The first-order valence-corrected chi connectivity index (χ1v) is 15.4. The number of furan rings is 1. The quantitative estimate of drug-likeness (QED) is 0.145. The van der Waals surface area contributed by atoms with Gasteiger partial charge in [-0.05, 0) is 75.2 Å². The number of hydrogen-bond acceptors (Lipinski definition) is 3. The molecule has 214 valence electrons. The normalized spacial score (nSPS) is 13.6. The molecule has 1 aliphatic carbocycles. The van der Waals surface area contributed by atoms with Crippen molar-refractivity contribution in [2.45, 2.75) is 13.3 Å². The summed E-state index contributed by atoms with van der Waals surface area (Å²) in [7, 11) is 0. The lowest BCUT2D eigenvalue weighted by Crippen LogP contribution is -1.98. The molecule has 2 heterocycles. The van der Waals surface area contributed by atoms with Crippen LogP contribution in [0.5, 0.6) is 0 Å². The van der Waals surface area contributed by atoms with Crippen LogP contribution in [0.3, 0.4) is 0 Å². The molecule has 0 bridgehead atoms. The summed E-state index contributed by atoms with van der Waals surface area (Å²) in [5, 5.41) is 8.92. The van der Waals surface area contributed by atoms with Crippen molar-refractivity contribution in [2.75, 3.05) is 0 Å². The molecule has 45 heavy (non-hydrogen) atoms. The van der Waals surface area contributed by atoms with Crippen LogP contribution in [0.4, 0.5) is 0 Å². The van der Waals surface area contributed by atoms with E-state index in [1.54, 1.807) is 0 Å². The van der Waals surface area contributed by atoms with E-state index in [1.807, 2.05) is 36.4 Å². The third-order valence-corrected chi connectivity index (χ3v) is 9.09. The van der Waals surface area contributed by atoms with Crippen molar-refractivity contribution in [3.63, 3.8) is 0 Å². The summed E-state index contributed by atoms with van der Waals surface area (Å²) in [6.07, 6.45) is 8.60. The summed E-state index contributed by atoms with van der Waals surface area (Å²) < 4.78 is 19.5. The van der Waals surface area contributed by atoms with E-state index in [1.165, 1.54) is 0 Å². The standard InChI is InChI=1S/C42H28O3/c1-3-26(36(4-2)43-25-11-7-12-25)27-21-23-38-40-30(27)14-8-16-32(40)33-17-9-15-31-28(22-24-39(44-38)41(31)33)34-18-10-19-35-29-13-5-6-20-37(29)45-42(34)35/h3,5-24H,1,4H2,2H3. The summed E-state index contributed by atoms with van der Waals surface area (Å²) in [5.74, 6) is 1.76. The SMILES string of the molecule is C=CC(=C(CC)OC1=CC=C1)c1ccc2oc3ccc(-c4cccc5c4oc4ccccc45)c4cccc(c5cccc1c25)c34. The van der Waals surface area contributed by atoms with Gasteiger partial charge in [-0.25, -0.2) is 0 Å². The fraction of sp³-hybridized carbons (Fsp3) is 0.0476. The number of benzene rings is 6. The first kappa shape index (κ1) is 25.7. The van der Waals surface area contributed by atoms with Gasteiger partial charge >= 0.3 is 0 Å². The van der Waals surface area contributed by atoms with E-state index >= 15 is 0 Å². The Bertz CT molecular complexity index is 2620. The van der Waals surface area contributed by atoms with Gasteiger partial charge in [0, 0.05) is 39.1 Å². The fourth-order valence-electron chi connectivity index (χ4n) is 6.99. The Labute approximate surface area is 259 Å². The number of rotatable bonds is 6. The molecular formula is C42H28O3. The van der Waals surface area contributed by atoms with E-state index in [0.717, 1.165) is 106 Å². The molecule has 0 unspecified atom stereocenters. The van der Waals surface area contributed by atoms with Crippen LogP contribution in [-0.2, 0) is 4.74 Å². The van der Waals surface area contributed by atoms with E-state index in [9.17, 15) is 0 Å². The summed E-state index contributed by atoms with van der Waals surface area (Å²) >= 11 is 0. The third-order valence-electron chi connectivity index (χ3n) is 9.09. The summed E-state index contributed by atoms with van der Waals surface area (Å²) in [6.45, 7) is 6.30. The number of fused-ring (bicyclic) bond motifs is 4. The number of ether oxygens (including phenoxy) is 1. The summed E-state index contributed by atoms with van der Waals surface area (Å²) in [5.41, 5.74) is 7.71. The molecule has 0 fully saturated rings. The van der Waals surface area contributed by atoms with Gasteiger partial charge in [-0.3, -0.25) is 0 Å². The van der Waals surface area contributed by atoms with E-state index in [-0.39, 0.29) is 0 Å². The molecule has 0 atom stereocenters. The highest BCUT2D eigenvalue weighted by Crippen LogP contribution is 2.44. The van der Waals surface area contributed by atoms with Gasteiger partial charge in [0.15, 0.2) is 0 Å². The van der Waals surface area contributed by atoms with Crippen LogP contribution in [0.2, 0.25) is 0 Å². The molecule has 0 saturated heterocycles. The van der Waals surface area contributed by atoms with Crippen LogP contribution < -0.4 is 0 Å². The molecule has 2 aromatic heterocycles. The van der Waals surface area contributed by atoms with E-state index in [4.69, 9.17) is 13.6 Å². The molecule has 0 aliphatic heterocycles. The Kier molecular flexibility index (Phi) is 5.63. The summed E-state index contributed by atoms with van der Waals surface area (Å²) in [4.78, 5) is 0. The fourth-order valence-corrected chi connectivity index (χ4v) is 6.99. The van der Waals surface area contributed by atoms with Gasteiger partial charge in [0.25, 0.3) is 0 Å². The second-order valence-corrected chi connectivity index (χ2v) is 11.5. The Balaban J connectivity index is 1.34. The van der Waals surface area contributed by atoms with Gasteiger partial charge in [-0.1, -0.05) is 98.5 Å². The Morgan fingerprint density at radius 1 is 0.644 bits per heavy atom. The monoisotopic (exact) mass is 580 g/mol. The maximum atomic E-state index is 6.80. The molecule has 0 saturated carbocycles. The van der Waals surface area contributed by atoms with E-state index in [0.29, 0.717) is 0 Å². The van der Waals surface area contributed by atoms with E-state index < -0.39 is 0 Å². The maximum Gasteiger partial charge on any atom is 0.143 e. The van der Waals surface area contributed by atoms with Crippen molar-refractivity contribution in [2.24, 2.45) is 0 Å². The zero-order valence-corrected chi connectivity index (χ0v) is 24.8. The van der Waals surface area contributed by atoms with Crippen LogP contribution in [-0.4, -0.2) is 0 Å². The van der Waals surface area contributed by atoms with E-state index in [2.05, 4.69) is 104 Å². The molecule has 6 aromatic carbocycles. The lowest BCUT2D eigenvalue weighted by molar-refractivity contribution is 0.308. The molecule has 3 heteroatoms. The molecule has 0 amide bonds. The Morgan fingerprint density at radius 2 is 1.31 bits per heavy atom. The molecule has 0 spiro atoms. The van der Waals surface area contributed by atoms with Crippen LogP contribution in [0.1, 0.15) is 18.9 Å². The van der Waals surface area contributed by atoms with Crippen molar-refractivity contribution >= 4 is 71.0 Å². The Morgan fingerprint density at radius 3 is 2.07 bits per heavy atom. The van der Waals surface area contributed by atoms with Gasteiger partial charge in [0.2, 0.25) is 0 Å². The van der Waals surface area contributed by atoms with Crippen LogP contribution in [0, 0.1) is 0 Å². The van der Waals surface area contributed by atoms with Gasteiger partial charge in [0.05, 0.1) is 0 Å². The van der Waals surface area contributed by atoms with Crippen molar-refractivity contribution in [1.82, 2.24) is 0 Å². The molecule has 8 aromatic rings. The first-order chi connectivity index (χ1) is 22.2. The highest BCUT2D eigenvalue weighted by Gasteiger charge is 2.19. The average molecular weight is 581 g/mol. The second kappa shape index (κ2) is 9.87. The molecule has 3 nitrogen and oxygen atoms in total. The third kappa shape index (κ3) is 3.77. The number of allylic oxidation sites excluding steroid dienone is 6. The van der Waals surface area contributed by atoms with Gasteiger partial charge in [-0.15, -0.1) is 0 Å². The van der Waals surface area contributed by atoms with Crippen LogP contribution in [0.15, 0.2) is 154 Å². The minimum atomic E-state index is 0.747. The summed E-state index contributed by atoms with van der Waals surface area (Å²) in [6, 6.07) is 36.2. The molecular weight excluding hydrogens is 552 g/mol. The molecule has 0 N–H and O–H groups in total. The topological polar surface area (TPSA) is 35.5 Å². The maximum absolute atomic E-state index is 6.80. The Hall–Kier alpha value is -5.80. The smallest absolute Gasteiger partial charge is 0.143 e. The highest BCUT2D eigenvalue weighted by atomic mass is 16.5. The predicted octanol–water partition coefficient (Wildman–Crippen LogP) is 12.2. The van der Waals surface area contributed by atoms with Crippen LogP contribution in [0.25, 0.3) is 82.1 Å². The van der Waals surface area contributed by atoms with Crippen LogP contribution >= 0.6 is 0 Å². The lowest BCUT2D eigenvalue weighted by Gasteiger charge is -2.17. The number of para-hydroxylation sites is 2. The van der Waals surface area contributed by atoms with Gasteiger partial charge in [0.1, 0.15) is 33.9 Å². The zero-order valence-electron chi connectivity index (χ0n) is 24.8. The highest BCUT2D eigenvalue weighted by molar-refractivity contribution is 6.26. The largest absolute Gasteiger partial charge is 0.461 e. The molecule has 9 rings (SSSR count). The van der Waals surface area contributed by atoms with Crippen molar-refractivity contribution in [3.05, 3.63) is 151 Å². The minimum absolute atomic E-state index is 0.747. The van der Waals surface area contributed by atoms with Crippen molar-refractivity contribution < 1.29 is 13.6 Å². The second-order valence-electron chi connectivity index (χ2n) is 11.5. The average Bonchev–Trinajstić information content (AvgIpc) is 3.38.